The second-order valence-corrected chi connectivity index (χ2v) is 11.1. The first-order valence-electron chi connectivity index (χ1n) is 13.4. The van der Waals surface area contributed by atoms with Gasteiger partial charge in [0, 0.05) is 37.0 Å². The molecule has 6 nitrogen and oxygen atoms in total. The van der Waals surface area contributed by atoms with Gasteiger partial charge in [0.1, 0.15) is 11.8 Å². The van der Waals surface area contributed by atoms with Gasteiger partial charge in [0.25, 0.3) is 5.91 Å². The number of carbonyl (C=O) groups is 1. The monoisotopic (exact) mass is 648 g/mol. The van der Waals surface area contributed by atoms with Crippen LogP contribution in [-0.4, -0.2) is 46.5 Å². The highest BCUT2D eigenvalue weighted by atomic mass is 35.5. The Kier molecular flexibility index (Phi) is 10.4. The topological polar surface area (TPSA) is 67.4 Å². The SMILES string of the molecule is CC(CCNC(=O)c1c(Cl)cncc1Cl)N1CCC(C(Oc2cccc(C(F)(F)F)n2)c2ccc(C(F)(F)F)cc2)CC1. The highest BCUT2D eigenvalue weighted by molar-refractivity contribution is 6.39. The number of carbonyl (C=O) groups excluding carboxylic acids is 1. The third kappa shape index (κ3) is 8.51. The zero-order valence-corrected chi connectivity index (χ0v) is 24.4. The minimum atomic E-state index is -4.68. The summed E-state index contributed by atoms with van der Waals surface area (Å²) in [5, 5.41) is 3.09. The maximum absolute atomic E-state index is 13.2. The summed E-state index contributed by atoms with van der Waals surface area (Å²) < 4.78 is 85.2. The van der Waals surface area contributed by atoms with Crippen LogP contribution < -0.4 is 10.1 Å². The minimum Gasteiger partial charge on any atom is -0.469 e. The van der Waals surface area contributed by atoms with Crippen LogP contribution >= 0.6 is 23.2 Å². The summed E-state index contributed by atoms with van der Waals surface area (Å²) in [7, 11) is 0. The van der Waals surface area contributed by atoms with Crippen molar-refractivity contribution in [1.29, 1.82) is 0 Å². The van der Waals surface area contributed by atoms with Crippen molar-refractivity contribution >= 4 is 29.1 Å². The Labute approximate surface area is 254 Å². The van der Waals surface area contributed by atoms with Gasteiger partial charge in [-0.15, -0.1) is 0 Å². The third-order valence-corrected chi connectivity index (χ3v) is 7.96. The van der Waals surface area contributed by atoms with E-state index in [0.29, 0.717) is 44.5 Å². The van der Waals surface area contributed by atoms with Crippen LogP contribution in [0.25, 0.3) is 0 Å². The number of rotatable bonds is 9. The molecule has 1 N–H and O–H groups in total. The van der Waals surface area contributed by atoms with Crippen LogP contribution in [0.1, 0.15) is 59.5 Å². The number of hydrogen-bond donors (Lipinski definition) is 1. The Bertz CT molecular complexity index is 1380. The Balaban J connectivity index is 1.41. The first-order chi connectivity index (χ1) is 20.2. The van der Waals surface area contributed by atoms with E-state index in [2.05, 4.69) is 20.2 Å². The average molecular weight is 649 g/mol. The first-order valence-corrected chi connectivity index (χ1v) is 14.2. The van der Waals surface area contributed by atoms with Crippen LogP contribution in [0.15, 0.2) is 54.9 Å². The fraction of sp³-hybridized carbons (Fsp3) is 0.414. The summed E-state index contributed by atoms with van der Waals surface area (Å²) in [5.74, 6) is -0.879. The Hall–Kier alpha value is -3.09. The Morgan fingerprint density at radius 3 is 2.21 bits per heavy atom. The second-order valence-electron chi connectivity index (χ2n) is 10.3. The summed E-state index contributed by atoms with van der Waals surface area (Å²) >= 11 is 12.1. The highest BCUT2D eigenvalue weighted by Gasteiger charge is 2.35. The van der Waals surface area contributed by atoms with Gasteiger partial charge < -0.3 is 15.0 Å². The van der Waals surface area contributed by atoms with E-state index in [1.54, 1.807) is 0 Å². The molecule has 0 radical (unpaired) electrons. The minimum absolute atomic E-state index is 0.0696. The van der Waals surface area contributed by atoms with Crippen molar-refractivity contribution < 1.29 is 35.9 Å². The predicted molar refractivity (Wildman–Crippen MR) is 149 cm³/mol. The summed E-state index contributed by atoms with van der Waals surface area (Å²) in [4.78, 5) is 22.2. The Morgan fingerprint density at radius 2 is 1.63 bits per heavy atom. The molecule has 43 heavy (non-hydrogen) atoms. The number of aromatic nitrogens is 2. The number of halogens is 8. The van der Waals surface area contributed by atoms with E-state index in [4.69, 9.17) is 27.9 Å². The summed E-state index contributed by atoms with van der Waals surface area (Å²) in [5.41, 5.74) is -1.40. The van der Waals surface area contributed by atoms with Crippen molar-refractivity contribution in [3.05, 3.63) is 87.3 Å². The standard InChI is InChI=1S/C29H28Cl2F6N4O2/c1-17(9-12-39-27(42)25-21(30)15-38-16-22(25)31)41-13-10-19(11-14-41)26(18-5-7-20(8-6-18)28(32,33)34)43-24-4-2-3-23(40-24)29(35,36)37/h2-8,15-17,19,26H,9-14H2,1H3,(H,39,42). The lowest BCUT2D eigenvalue weighted by Crippen LogP contribution is -2.43. The molecule has 2 aromatic heterocycles. The molecule has 1 aliphatic heterocycles. The second kappa shape index (κ2) is 13.7. The lowest BCUT2D eigenvalue weighted by molar-refractivity contribution is -0.141. The molecule has 1 fully saturated rings. The van der Waals surface area contributed by atoms with E-state index in [-0.39, 0.29) is 33.4 Å². The van der Waals surface area contributed by atoms with Gasteiger partial charge in [0.15, 0.2) is 0 Å². The summed E-state index contributed by atoms with van der Waals surface area (Å²) in [6, 6.07) is 7.81. The van der Waals surface area contributed by atoms with Gasteiger partial charge >= 0.3 is 12.4 Å². The van der Waals surface area contributed by atoms with Crippen LogP contribution in [0.2, 0.25) is 10.0 Å². The molecule has 0 saturated carbocycles. The van der Waals surface area contributed by atoms with Crippen molar-refractivity contribution in [2.45, 2.75) is 50.7 Å². The number of likely N-dealkylation sites (tertiary alicyclic amines) is 1. The van der Waals surface area contributed by atoms with Crippen LogP contribution in [0.5, 0.6) is 5.88 Å². The van der Waals surface area contributed by atoms with Crippen molar-refractivity contribution in [1.82, 2.24) is 20.2 Å². The molecule has 1 amide bonds. The third-order valence-electron chi connectivity index (χ3n) is 7.38. The van der Waals surface area contributed by atoms with Crippen molar-refractivity contribution in [2.24, 2.45) is 5.92 Å². The molecule has 1 aliphatic rings. The number of alkyl halides is 6. The van der Waals surface area contributed by atoms with Crippen molar-refractivity contribution in [2.75, 3.05) is 19.6 Å². The average Bonchev–Trinajstić information content (AvgIpc) is 2.95. The quantitative estimate of drug-likeness (QED) is 0.239. The molecule has 1 saturated heterocycles. The van der Waals surface area contributed by atoms with E-state index in [1.807, 2.05) is 6.92 Å². The van der Waals surface area contributed by atoms with Crippen LogP contribution in [0.3, 0.4) is 0 Å². The number of nitrogens with zero attached hydrogens (tertiary/aromatic N) is 3. The molecule has 0 bridgehead atoms. The van der Waals surface area contributed by atoms with Crippen molar-refractivity contribution in [3.63, 3.8) is 0 Å². The number of amides is 1. The van der Waals surface area contributed by atoms with E-state index in [1.165, 1.54) is 36.7 Å². The summed E-state index contributed by atoms with van der Waals surface area (Å²) in [6.07, 6.45) is -5.60. The molecular weight excluding hydrogens is 621 g/mol. The molecule has 0 spiro atoms. The zero-order chi connectivity index (χ0) is 31.4. The van der Waals surface area contributed by atoms with E-state index in [0.717, 1.165) is 18.2 Å². The first kappa shape index (κ1) is 32.8. The number of pyridine rings is 2. The molecule has 1 aromatic carbocycles. The lowest BCUT2D eigenvalue weighted by atomic mass is 9.86. The van der Waals surface area contributed by atoms with Gasteiger partial charge in [-0.1, -0.05) is 41.4 Å². The van der Waals surface area contributed by atoms with E-state index < -0.39 is 35.6 Å². The largest absolute Gasteiger partial charge is 0.469 e. The van der Waals surface area contributed by atoms with Crippen LogP contribution in [-0.2, 0) is 12.4 Å². The fourth-order valence-corrected chi connectivity index (χ4v) is 5.56. The maximum atomic E-state index is 13.2. The molecule has 3 aromatic rings. The number of nitrogens with one attached hydrogen (secondary N) is 1. The van der Waals surface area contributed by atoms with Crippen molar-refractivity contribution in [3.8, 4) is 5.88 Å². The van der Waals surface area contributed by atoms with E-state index in [9.17, 15) is 31.1 Å². The molecule has 232 valence electrons. The molecule has 4 rings (SSSR count). The molecule has 14 heteroatoms. The van der Waals surface area contributed by atoms with Crippen LogP contribution in [0, 0.1) is 5.92 Å². The van der Waals surface area contributed by atoms with Crippen LogP contribution in [0.4, 0.5) is 26.3 Å². The normalized spacial score (nSPS) is 16.5. The van der Waals surface area contributed by atoms with Gasteiger partial charge in [-0.05, 0) is 63.0 Å². The van der Waals surface area contributed by atoms with E-state index >= 15 is 0 Å². The van der Waals surface area contributed by atoms with Gasteiger partial charge in [0.05, 0.1) is 21.2 Å². The maximum Gasteiger partial charge on any atom is 0.433 e. The molecule has 0 aliphatic carbocycles. The summed E-state index contributed by atoms with van der Waals surface area (Å²) in [6.45, 7) is 3.58. The lowest BCUT2D eigenvalue weighted by Gasteiger charge is -2.39. The van der Waals surface area contributed by atoms with Gasteiger partial charge in [-0.25, -0.2) is 4.98 Å². The molecule has 2 atom stereocenters. The fourth-order valence-electron chi connectivity index (χ4n) is 5.02. The van der Waals surface area contributed by atoms with Gasteiger partial charge in [-0.2, -0.15) is 26.3 Å². The predicted octanol–water partition coefficient (Wildman–Crippen LogP) is 7.86. The number of hydrogen-bond acceptors (Lipinski definition) is 5. The smallest absolute Gasteiger partial charge is 0.433 e. The van der Waals surface area contributed by atoms with Gasteiger partial charge in [0.2, 0.25) is 5.88 Å². The molecule has 2 unspecified atom stereocenters. The number of piperidine rings is 1. The highest BCUT2D eigenvalue weighted by Crippen LogP contribution is 2.38. The molecule has 3 heterocycles. The molecular formula is C29H28Cl2F6N4O2. The zero-order valence-electron chi connectivity index (χ0n) is 22.9. The number of ether oxygens (including phenoxy) is 1. The number of benzene rings is 1. The van der Waals surface area contributed by atoms with Gasteiger partial charge in [-0.3, -0.25) is 9.78 Å². The Morgan fingerprint density at radius 1 is 1.00 bits per heavy atom.